The molecule has 2 rings (SSSR count). The number of halogens is 1. The second kappa shape index (κ2) is 5.20. The van der Waals surface area contributed by atoms with Crippen molar-refractivity contribution in [3.63, 3.8) is 0 Å². The van der Waals surface area contributed by atoms with Crippen LogP contribution in [0.1, 0.15) is 5.69 Å². The van der Waals surface area contributed by atoms with Crippen LogP contribution in [0.25, 0.3) is 0 Å². The Morgan fingerprint density at radius 1 is 1.42 bits per heavy atom. The molecular formula is C11H13ClN4O2S. The molecule has 6 nitrogen and oxygen atoms in total. The van der Waals surface area contributed by atoms with Crippen LogP contribution in [0, 0.1) is 0 Å². The van der Waals surface area contributed by atoms with Gasteiger partial charge in [0.15, 0.2) is 0 Å². The summed E-state index contributed by atoms with van der Waals surface area (Å²) in [6.45, 7) is 0.130. The van der Waals surface area contributed by atoms with Gasteiger partial charge < -0.3 is 5.73 Å². The van der Waals surface area contributed by atoms with Crippen molar-refractivity contribution in [1.82, 2.24) is 14.5 Å². The molecule has 0 fully saturated rings. The van der Waals surface area contributed by atoms with Gasteiger partial charge in [-0.15, -0.1) is 0 Å². The minimum Gasteiger partial charge on any atom is -0.398 e. The summed E-state index contributed by atoms with van der Waals surface area (Å²) in [4.78, 5) is -0.0258. The maximum atomic E-state index is 12.1. The number of benzene rings is 1. The molecule has 0 aliphatic heterocycles. The summed E-state index contributed by atoms with van der Waals surface area (Å²) in [5, 5.41) is 4.27. The van der Waals surface area contributed by atoms with E-state index in [1.54, 1.807) is 24.0 Å². The fourth-order valence-electron chi connectivity index (χ4n) is 1.56. The largest absolute Gasteiger partial charge is 0.398 e. The van der Waals surface area contributed by atoms with Gasteiger partial charge >= 0.3 is 0 Å². The molecule has 0 bridgehead atoms. The van der Waals surface area contributed by atoms with Crippen molar-refractivity contribution in [2.45, 2.75) is 11.4 Å². The lowest BCUT2D eigenvalue weighted by Crippen LogP contribution is -2.25. The van der Waals surface area contributed by atoms with E-state index in [0.717, 1.165) is 5.69 Å². The van der Waals surface area contributed by atoms with Gasteiger partial charge in [0.25, 0.3) is 0 Å². The van der Waals surface area contributed by atoms with Crippen LogP contribution < -0.4 is 10.5 Å². The van der Waals surface area contributed by atoms with Gasteiger partial charge in [0.2, 0.25) is 10.0 Å². The number of hydrogen-bond donors (Lipinski definition) is 2. The zero-order valence-electron chi connectivity index (χ0n) is 10.2. The first-order chi connectivity index (χ1) is 8.90. The standard InChI is InChI=1S/C11H13ClN4O2S/c1-16-9(4-5-14-16)7-15-19(17,18)11-6-8(12)2-3-10(11)13/h2-6,15H,7,13H2,1H3. The van der Waals surface area contributed by atoms with Crippen LogP contribution in [0.4, 0.5) is 5.69 Å². The van der Waals surface area contributed by atoms with Gasteiger partial charge in [-0.1, -0.05) is 11.6 Å². The van der Waals surface area contributed by atoms with E-state index in [2.05, 4.69) is 9.82 Å². The first-order valence-corrected chi connectivity index (χ1v) is 7.28. The van der Waals surface area contributed by atoms with Gasteiger partial charge in [0, 0.05) is 18.3 Å². The highest BCUT2D eigenvalue weighted by Gasteiger charge is 2.18. The van der Waals surface area contributed by atoms with Crippen LogP contribution >= 0.6 is 11.6 Å². The molecule has 0 spiro atoms. The van der Waals surface area contributed by atoms with Crippen molar-refractivity contribution in [3.05, 3.63) is 41.2 Å². The Labute approximate surface area is 116 Å². The van der Waals surface area contributed by atoms with Crippen molar-refractivity contribution in [1.29, 1.82) is 0 Å². The highest BCUT2D eigenvalue weighted by molar-refractivity contribution is 7.89. The molecule has 3 N–H and O–H groups in total. The number of aryl methyl sites for hydroxylation is 1. The lowest BCUT2D eigenvalue weighted by Gasteiger charge is -2.09. The van der Waals surface area contributed by atoms with E-state index in [1.807, 2.05) is 0 Å². The highest BCUT2D eigenvalue weighted by Crippen LogP contribution is 2.22. The van der Waals surface area contributed by atoms with Gasteiger partial charge in [-0.25, -0.2) is 13.1 Å². The zero-order valence-corrected chi connectivity index (χ0v) is 11.7. The van der Waals surface area contributed by atoms with Crippen LogP contribution in [0.15, 0.2) is 35.4 Å². The number of anilines is 1. The fraction of sp³-hybridized carbons (Fsp3) is 0.182. The van der Waals surface area contributed by atoms with E-state index >= 15 is 0 Å². The number of nitrogen functional groups attached to an aromatic ring is 1. The second-order valence-corrected chi connectivity index (χ2v) is 6.12. The molecular weight excluding hydrogens is 288 g/mol. The van der Waals surface area contributed by atoms with E-state index in [9.17, 15) is 8.42 Å². The molecule has 0 aliphatic rings. The average Bonchev–Trinajstić information content (AvgIpc) is 2.75. The maximum absolute atomic E-state index is 12.1. The molecule has 0 unspecified atom stereocenters. The smallest absolute Gasteiger partial charge is 0.243 e. The number of hydrogen-bond acceptors (Lipinski definition) is 4. The van der Waals surface area contributed by atoms with E-state index in [4.69, 9.17) is 17.3 Å². The fourth-order valence-corrected chi connectivity index (χ4v) is 2.95. The molecule has 102 valence electrons. The molecule has 8 heteroatoms. The summed E-state index contributed by atoms with van der Waals surface area (Å²) in [7, 11) is -1.97. The van der Waals surface area contributed by atoms with Gasteiger partial charge in [-0.05, 0) is 24.3 Å². The van der Waals surface area contributed by atoms with Crippen molar-refractivity contribution in [2.24, 2.45) is 7.05 Å². The van der Waals surface area contributed by atoms with Crippen LogP contribution in [-0.4, -0.2) is 18.2 Å². The Hall–Kier alpha value is -1.57. The quantitative estimate of drug-likeness (QED) is 0.828. The lowest BCUT2D eigenvalue weighted by molar-refractivity contribution is 0.577. The number of nitrogens with one attached hydrogen (secondary N) is 1. The monoisotopic (exact) mass is 300 g/mol. The van der Waals surface area contributed by atoms with Crippen LogP contribution in [0.2, 0.25) is 5.02 Å². The van der Waals surface area contributed by atoms with E-state index in [-0.39, 0.29) is 17.1 Å². The van der Waals surface area contributed by atoms with Gasteiger partial charge in [0.05, 0.1) is 17.9 Å². The van der Waals surface area contributed by atoms with Crippen LogP contribution in [-0.2, 0) is 23.6 Å². The topological polar surface area (TPSA) is 90.0 Å². The molecule has 2 aromatic rings. The summed E-state index contributed by atoms with van der Waals surface area (Å²) in [6.07, 6.45) is 1.59. The Morgan fingerprint density at radius 3 is 2.79 bits per heavy atom. The Balaban J connectivity index is 2.23. The lowest BCUT2D eigenvalue weighted by atomic mass is 10.3. The Bertz CT molecular complexity index is 696. The van der Waals surface area contributed by atoms with Crippen LogP contribution in [0.3, 0.4) is 0 Å². The SMILES string of the molecule is Cn1nccc1CNS(=O)(=O)c1cc(Cl)ccc1N. The molecule has 1 aromatic carbocycles. The molecule has 0 amide bonds. The Kier molecular flexibility index (Phi) is 3.79. The number of rotatable bonds is 4. The predicted octanol–water partition coefficient (Wildman–Crippen LogP) is 1.13. The summed E-state index contributed by atoms with van der Waals surface area (Å²) in [6, 6.07) is 6.05. The second-order valence-electron chi connectivity index (χ2n) is 3.95. The molecule has 0 radical (unpaired) electrons. The predicted molar refractivity (Wildman–Crippen MR) is 73.1 cm³/mol. The zero-order chi connectivity index (χ0) is 14.0. The molecule has 0 saturated heterocycles. The number of aromatic nitrogens is 2. The minimum atomic E-state index is -3.71. The van der Waals surface area contributed by atoms with Gasteiger partial charge in [-0.3, -0.25) is 4.68 Å². The van der Waals surface area contributed by atoms with Crippen molar-refractivity contribution in [2.75, 3.05) is 5.73 Å². The summed E-state index contributed by atoms with van der Waals surface area (Å²) in [5.41, 5.74) is 6.55. The number of sulfonamides is 1. The molecule has 0 atom stereocenters. The molecule has 1 heterocycles. The van der Waals surface area contributed by atoms with E-state index in [0.29, 0.717) is 5.02 Å². The van der Waals surface area contributed by atoms with Crippen molar-refractivity contribution in [3.8, 4) is 0 Å². The number of nitrogens with zero attached hydrogens (tertiary/aromatic N) is 2. The first-order valence-electron chi connectivity index (χ1n) is 5.42. The molecule has 1 aromatic heterocycles. The Morgan fingerprint density at radius 2 is 2.16 bits per heavy atom. The van der Waals surface area contributed by atoms with Crippen LogP contribution in [0.5, 0.6) is 0 Å². The summed E-state index contributed by atoms with van der Waals surface area (Å²) in [5.74, 6) is 0. The van der Waals surface area contributed by atoms with Gasteiger partial charge in [0.1, 0.15) is 4.90 Å². The summed E-state index contributed by atoms with van der Waals surface area (Å²) < 4.78 is 28.3. The normalized spacial score (nSPS) is 11.7. The van der Waals surface area contributed by atoms with Crippen molar-refractivity contribution >= 4 is 27.3 Å². The summed E-state index contributed by atoms with van der Waals surface area (Å²) >= 11 is 5.79. The van der Waals surface area contributed by atoms with Gasteiger partial charge in [-0.2, -0.15) is 5.10 Å². The number of nitrogens with two attached hydrogens (primary N) is 1. The first kappa shape index (κ1) is 13.9. The van der Waals surface area contributed by atoms with Crippen molar-refractivity contribution < 1.29 is 8.42 Å². The minimum absolute atomic E-state index is 0.0258. The van der Waals surface area contributed by atoms with E-state index < -0.39 is 10.0 Å². The molecule has 0 saturated carbocycles. The highest BCUT2D eigenvalue weighted by atomic mass is 35.5. The average molecular weight is 301 g/mol. The molecule has 19 heavy (non-hydrogen) atoms. The van der Waals surface area contributed by atoms with E-state index in [1.165, 1.54) is 18.2 Å². The third-order valence-corrected chi connectivity index (χ3v) is 4.32. The third kappa shape index (κ3) is 3.06. The molecule has 0 aliphatic carbocycles. The third-order valence-electron chi connectivity index (χ3n) is 2.63. The maximum Gasteiger partial charge on any atom is 0.243 e.